The molecule has 0 spiro atoms. The third kappa shape index (κ3) is 2.41. The number of halogens is 1. The zero-order valence-corrected chi connectivity index (χ0v) is 11.9. The average molecular weight is 305 g/mol. The summed E-state index contributed by atoms with van der Waals surface area (Å²) in [4.78, 5) is 2.04. The van der Waals surface area contributed by atoms with E-state index in [1.54, 1.807) is 6.26 Å². The van der Waals surface area contributed by atoms with Gasteiger partial charge < -0.3 is 9.32 Å². The van der Waals surface area contributed by atoms with Gasteiger partial charge in [-0.05, 0) is 41.1 Å². The zero-order valence-electron chi connectivity index (χ0n) is 10.3. The summed E-state index contributed by atoms with van der Waals surface area (Å²) in [6.45, 7) is 2.66. The van der Waals surface area contributed by atoms with Crippen LogP contribution in [0.3, 0.4) is 0 Å². The number of hydrogen-bond acceptors (Lipinski definition) is 3. The summed E-state index contributed by atoms with van der Waals surface area (Å²) in [5, 5.41) is 9.20. The smallest absolute Gasteiger partial charge is 0.105 e. The highest BCUT2D eigenvalue weighted by molar-refractivity contribution is 9.10. The van der Waals surface area contributed by atoms with Crippen LogP contribution in [0, 0.1) is 18.3 Å². The molecule has 0 aliphatic carbocycles. The van der Waals surface area contributed by atoms with E-state index in [1.165, 1.54) is 0 Å². The fourth-order valence-electron chi connectivity index (χ4n) is 1.86. The normalized spacial score (nSPS) is 10.1. The number of nitrogens with zero attached hydrogens (tertiary/aromatic N) is 2. The standard InChI is InChI=1S/C14H13BrN2O/c1-10-11(6-7-18-10)9-17(2)14-5-3-4-13(15)12(14)8-16/h3-7H,9H2,1-2H3. The number of anilines is 1. The fraction of sp³-hybridized carbons (Fsp3) is 0.214. The molecule has 1 aromatic heterocycles. The molecular weight excluding hydrogens is 292 g/mol. The number of aryl methyl sites for hydroxylation is 1. The van der Waals surface area contributed by atoms with Gasteiger partial charge in [-0.25, -0.2) is 0 Å². The van der Waals surface area contributed by atoms with Crippen molar-refractivity contribution >= 4 is 21.6 Å². The van der Waals surface area contributed by atoms with Crippen molar-refractivity contribution in [1.82, 2.24) is 0 Å². The molecule has 4 heteroatoms. The molecule has 18 heavy (non-hydrogen) atoms. The fourth-order valence-corrected chi connectivity index (χ4v) is 2.30. The van der Waals surface area contributed by atoms with Gasteiger partial charge in [0.2, 0.25) is 0 Å². The molecule has 0 fully saturated rings. The number of hydrogen-bond donors (Lipinski definition) is 0. The summed E-state index contributed by atoms with van der Waals surface area (Å²) in [5.74, 6) is 0.912. The van der Waals surface area contributed by atoms with E-state index in [1.807, 2.05) is 43.1 Å². The predicted molar refractivity (Wildman–Crippen MR) is 74.4 cm³/mol. The molecular formula is C14H13BrN2O. The second kappa shape index (κ2) is 5.28. The largest absolute Gasteiger partial charge is 0.469 e. The van der Waals surface area contributed by atoms with Crippen molar-refractivity contribution < 1.29 is 4.42 Å². The van der Waals surface area contributed by atoms with E-state index >= 15 is 0 Å². The van der Waals surface area contributed by atoms with Gasteiger partial charge in [0.1, 0.15) is 11.8 Å². The van der Waals surface area contributed by atoms with Gasteiger partial charge >= 0.3 is 0 Å². The summed E-state index contributed by atoms with van der Waals surface area (Å²) in [6.07, 6.45) is 1.69. The maximum Gasteiger partial charge on any atom is 0.105 e. The van der Waals surface area contributed by atoms with Crippen molar-refractivity contribution in [2.45, 2.75) is 13.5 Å². The third-order valence-corrected chi connectivity index (χ3v) is 3.55. The van der Waals surface area contributed by atoms with E-state index in [4.69, 9.17) is 4.42 Å². The van der Waals surface area contributed by atoms with E-state index < -0.39 is 0 Å². The molecule has 0 amide bonds. The third-order valence-electron chi connectivity index (χ3n) is 2.89. The summed E-state index contributed by atoms with van der Waals surface area (Å²) >= 11 is 3.40. The maximum atomic E-state index is 9.20. The zero-order chi connectivity index (χ0) is 13.1. The van der Waals surface area contributed by atoms with Crippen molar-refractivity contribution in [3.63, 3.8) is 0 Å². The molecule has 0 radical (unpaired) electrons. The first-order valence-corrected chi connectivity index (χ1v) is 6.35. The van der Waals surface area contributed by atoms with Crippen molar-refractivity contribution in [2.24, 2.45) is 0 Å². The van der Waals surface area contributed by atoms with Crippen molar-refractivity contribution in [3.05, 3.63) is 51.9 Å². The van der Waals surface area contributed by atoms with E-state index in [2.05, 4.69) is 22.0 Å². The van der Waals surface area contributed by atoms with E-state index in [0.717, 1.165) is 21.5 Å². The minimum absolute atomic E-state index is 0.654. The molecule has 0 N–H and O–H groups in total. The molecule has 1 aromatic carbocycles. The van der Waals surface area contributed by atoms with Crippen LogP contribution in [0.25, 0.3) is 0 Å². The molecule has 3 nitrogen and oxygen atoms in total. The first-order chi connectivity index (χ1) is 8.63. The molecule has 0 aliphatic rings. The van der Waals surface area contributed by atoms with Crippen LogP contribution in [0.2, 0.25) is 0 Å². The SMILES string of the molecule is Cc1occc1CN(C)c1cccc(Br)c1C#N. The first kappa shape index (κ1) is 12.7. The minimum Gasteiger partial charge on any atom is -0.469 e. The molecule has 92 valence electrons. The Morgan fingerprint density at radius 2 is 2.17 bits per heavy atom. The van der Waals surface area contributed by atoms with Gasteiger partial charge in [-0.15, -0.1) is 0 Å². The minimum atomic E-state index is 0.654. The van der Waals surface area contributed by atoms with Crippen LogP contribution in [-0.2, 0) is 6.54 Å². The van der Waals surface area contributed by atoms with Gasteiger partial charge in [-0.1, -0.05) is 6.07 Å². The summed E-state index contributed by atoms with van der Waals surface area (Å²) in [6, 6.07) is 9.93. The lowest BCUT2D eigenvalue weighted by Crippen LogP contribution is -2.17. The highest BCUT2D eigenvalue weighted by Crippen LogP contribution is 2.27. The van der Waals surface area contributed by atoms with Gasteiger partial charge in [0.15, 0.2) is 0 Å². The maximum absolute atomic E-state index is 9.20. The van der Waals surface area contributed by atoms with Gasteiger partial charge in [0.05, 0.1) is 17.5 Å². The second-order valence-corrected chi connectivity index (χ2v) is 4.96. The molecule has 0 atom stereocenters. The van der Waals surface area contributed by atoms with Crippen LogP contribution < -0.4 is 4.90 Å². The Hall–Kier alpha value is -1.73. The molecule has 1 heterocycles. The van der Waals surface area contributed by atoms with Gasteiger partial charge in [-0.2, -0.15) is 5.26 Å². The summed E-state index contributed by atoms with van der Waals surface area (Å²) in [7, 11) is 1.97. The topological polar surface area (TPSA) is 40.2 Å². The lowest BCUT2D eigenvalue weighted by Gasteiger charge is -2.20. The van der Waals surface area contributed by atoms with Crippen LogP contribution in [0.5, 0.6) is 0 Å². The van der Waals surface area contributed by atoms with Crippen LogP contribution in [0.15, 0.2) is 39.4 Å². The van der Waals surface area contributed by atoms with Gasteiger partial charge in [0.25, 0.3) is 0 Å². The Labute approximate surface area is 115 Å². The monoisotopic (exact) mass is 304 g/mol. The molecule has 0 bridgehead atoms. The van der Waals surface area contributed by atoms with Gasteiger partial charge in [0, 0.05) is 23.6 Å². The van der Waals surface area contributed by atoms with Crippen molar-refractivity contribution in [1.29, 1.82) is 5.26 Å². The van der Waals surface area contributed by atoms with Crippen LogP contribution in [-0.4, -0.2) is 7.05 Å². The Morgan fingerprint density at radius 1 is 1.39 bits per heavy atom. The van der Waals surface area contributed by atoms with E-state index in [0.29, 0.717) is 12.1 Å². The van der Waals surface area contributed by atoms with Crippen LogP contribution >= 0.6 is 15.9 Å². The Kier molecular flexibility index (Phi) is 3.73. The highest BCUT2D eigenvalue weighted by Gasteiger charge is 2.12. The average Bonchev–Trinajstić information content (AvgIpc) is 2.74. The number of rotatable bonds is 3. The molecule has 0 unspecified atom stereocenters. The molecule has 0 saturated heterocycles. The van der Waals surface area contributed by atoms with E-state index in [9.17, 15) is 5.26 Å². The van der Waals surface area contributed by atoms with Crippen molar-refractivity contribution in [3.8, 4) is 6.07 Å². The second-order valence-electron chi connectivity index (χ2n) is 4.10. The summed E-state index contributed by atoms with van der Waals surface area (Å²) in [5.41, 5.74) is 2.69. The molecule has 2 aromatic rings. The van der Waals surface area contributed by atoms with E-state index in [-0.39, 0.29) is 0 Å². The Morgan fingerprint density at radius 3 is 2.78 bits per heavy atom. The number of benzene rings is 1. The number of nitriles is 1. The highest BCUT2D eigenvalue weighted by atomic mass is 79.9. The summed E-state index contributed by atoms with van der Waals surface area (Å²) < 4.78 is 6.10. The Bertz CT molecular complexity index is 598. The van der Waals surface area contributed by atoms with Crippen LogP contribution in [0.1, 0.15) is 16.9 Å². The predicted octanol–water partition coefficient (Wildman–Crippen LogP) is 3.86. The molecule has 0 saturated carbocycles. The van der Waals surface area contributed by atoms with Crippen LogP contribution in [0.4, 0.5) is 5.69 Å². The number of furan rings is 1. The Balaban J connectivity index is 2.30. The van der Waals surface area contributed by atoms with Gasteiger partial charge in [-0.3, -0.25) is 0 Å². The molecule has 2 rings (SSSR count). The lowest BCUT2D eigenvalue weighted by atomic mass is 10.1. The quantitative estimate of drug-likeness (QED) is 0.864. The first-order valence-electron chi connectivity index (χ1n) is 5.56. The van der Waals surface area contributed by atoms with Crippen molar-refractivity contribution in [2.75, 3.05) is 11.9 Å². The molecule has 0 aliphatic heterocycles. The lowest BCUT2D eigenvalue weighted by molar-refractivity contribution is 0.529.